The zero-order chi connectivity index (χ0) is 17.5. The van der Waals surface area contributed by atoms with Gasteiger partial charge in [0.15, 0.2) is 0 Å². The highest BCUT2D eigenvalue weighted by atomic mass is 32.1. The molecule has 0 spiro atoms. The second kappa shape index (κ2) is 8.04. The molecule has 0 aliphatic heterocycles. The fourth-order valence-corrected chi connectivity index (χ4v) is 2.93. The molecular weight excluding hydrogens is 328 g/mol. The molecule has 0 atom stereocenters. The molecule has 1 N–H and O–H groups in total. The number of hydrogen-bond acceptors (Lipinski definition) is 5. The second-order valence-electron chi connectivity index (χ2n) is 5.32. The highest BCUT2D eigenvalue weighted by molar-refractivity contribution is 7.10. The van der Waals surface area contributed by atoms with Gasteiger partial charge in [-0.1, -0.05) is 24.3 Å². The van der Waals surface area contributed by atoms with Crippen molar-refractivity contribution < 1.29 is 0 Å². The zero-order valence-corrected chi connectivity index (χ0v) is 14.5. The Hall–Kier alpha value is -3.23. The molecule has 0 amide bonds. The molecule has 0 saturated heterocycles. The number of pyridine rings is 1. The van der Waals surface area contributed by atoms with Gasteiger partial charge in [-0.2, -0.15) is 5.26 Å². The molecule has 0 unspecified atom stereocenters. The minimum Gasteiger partial charge on any atom is -0.360 e. The van der Waals surface area contributed by atoms with Gasteiger partial charge in [-0.3, -0.25) is 4.98 Å². The van der Waals surface area contributed by atoms with Crippen LogP contribution in [0.1, 0.15) is 22.0 Å². The first kappa shape index (κ1) is 16.6. The van der Waals surface area contributed by atoms with E-state index >= 15 is 0 Å². The monoisotopic (exact) mass is 344 g/mol. The highest BCUT2D eigenvalue weighted by Crippen LogP contribution is 2.20. The van der Waals surface area contributed by atoms with Crippen LogP contribution in [0.5, 0.6) is 0 Å². The molecule has 122 valence electrons. The highest BCUT2D eigenvalue weighted by Gasteiger charge is 2.05. The number of hydrogen-bond donors (Lipinski definition) is 1. The van der Waals surface area contributed by atoms with E-state index in [1.165, 1.54) is 11.3 Å². The Morgan fingerprint density at radius 2 is 2.12 bits per heavy atom. The number of anilines is 1. The van der Waals surface area contributed by atoms with Crippen LogP contribution < -0.4 is 5.32 Å². The smallest absolute Gasteiger partial charge is 0.135 e. The van der Waals surface area contributed by atoms with Crippen molar-refractivity contribution in [3.05, 3.63) is 82.2 Å². The Labute approximate surface area is 150 Å². The molecule has 2 aromatic heterocycles. The topological polar surface area (TPSA) is 61.6 Å². The number of aromatic nitrogens is 2. The van der Waals surface area contributed by atoms with Crippen LogP contribution in [0.25, 0.3) is 17.7 Å². The van der Waals surface area contributed by atoms with Crippen molar-refractivity contribution in [2.24, 2.45) is 0 Å². The number of nitrogens with one attached hydrogen (secondary N) is 1. The van der Waals surface area contributed by atoms with Crippen molar-refractivity contribution in [3.8, 4) is 6.07 Å². The van der Waals surface area contributed by atoms with Crippen LogP contribution in [0, 0.1) is 18.3 Å². The molecule has 0 saturated carbocycles. The molecule has 5 heteroatoms. The van der Waals surface area contributed by atoms with Crippen molar-refractivity contribution in [1.29, 1.82) is 5.26 Å². The first-order valence-electron chi connectivity index (χ1n) is 7.73. The second-order valence-corrected chi connectivity index (χ2v) is 6.18. The van der Waals surface area contributed by atoms with Crippen molar-refractivity contribution in [2.45, 2.75) is 6.92 Å². The van der Waals surface area contributed by atoms with Crippen LogP contribution in [-0.4, -0.2) is 9.97 Å². The van der Waals surface area contributed by atoms with E-state index in [1.54, 1.807) is 12.4 Å². The summed E-state index contributed by atoms with van der Waals surface area (Å²) >= 11 is 1.47. The summed E-state index contributed by atoms with van der Waals surface area (Å²) in [5, 5.41) is 15.2. The van der Waals surface area contributed by atoms with E-state index < -0.39 is 0 Å². The number of thiazole rings is 1. The van der Waals surface area contributed by atoms with Crippen LogP contribution >= 0.6 is 11.3 Å². The fraction of sp³-hybridized carbons (Fsp3) is 0.0500. The maximum atomic E-state index is 9.32. The third-order valence-electron chi connectivity index (χ3n) is 3.37. The molecule has 0 radical (unpaired) electrons. The Bertz CT molecular complexity index is 949. The number of nitriles is 1. The van der Waals surface area contributed by atoms with E-state index in [1.807, 2.05) is 66.9 Å². The first-order chi connectivity index (χ1) is 12.2. The van der Waals surface area contributed by atoms with Crippen LogP contribution in [0.15, 0.2) is 60.2 Å². The maximum Gasteiger partial charge on any atom is 0.135 e. The van der Waals surface area contributed by atoms with Crippen molar-refractivity contribution in [3.63, 3.8) is 0 Å². The van der Waals surface area contributed by atoms with Gasteiger partial charge in [0.1, 0.15) is 16.6 Å². The Kier molecular flexibility index (Phi) is 5.35. The largest absolute Gasteiger partial charge is 0.360 e. The summed E-state index contributed by atoms with van der Waals surface area (Å²) in [6, 6.07) is 15.9. The van der Waals surface area contributed by atoms with Crippen LogP contribution in [0.2, 0.25) is 0 Å². The minimum atomic E-state index is 0.521. The molecule has 0 aliphatic rings. The van der Waals surface area contributed by atoms with E-state index in [4.69, 9.17) is 0 Å². The molecular formula is C20H16N4S. The third kappa shape index (κ3) is 4.63. The molecule has 25 heavy (non-hydrogen) atoms. The van der Waals surface area contributed by atoms with Crippen LogP contribution in [0.3, 0.4) is 0 Å². The molecule has 3 rings (SSSR count). The van der Waals surface area contributed by atoms with Gasteiger partial charge in [0, 0.05) is 29.2 Å². The number of nitrogens with zero attached hydrogens (tertiary/aromatic N) is 3. The fourth-order valence-electron chi connectivity index (χ4n) is 2.16. The van der Waals surface area contributed by atoms with Crippen molar-refractivity contribution in [1.82, 2.24) is 9.97 Å². The summed E-state index contributed by atoms with van der Waals surface area (Å²) in [5.41, 5.74) is 4.30. The lowest BCUT2D eigenvalue weighted by Gasteiger charge is -2.03. The molecule has 3 aromatic rings. The summed E-state index contributed by atoms with van der Waals surface area (Å²) in [6.45, 7) is 1.92. The van der Waals surface area contributed by atoms with Crippen molar-refractivity contribution in [2.75, 3.05) is 5.32 Å². The Morgan fingerprint density at radius 1 is 1.20 bits per heavy atom. The molecule has 1 aromatic carbocycles. The van der Waals surface area contributed by atoms with Gasteiger partial charge < -0.3 is 5.32 Å². The van der Waals surface area contributed by atoms with Gasteiger partial charge in [-0.15, -0.1) is 11.3 Å². The van der Waals surface area contributed by atoms with E-state index in [0.29, 0.717) is 5.57 Å². The predicted molar refractivity (Wildman–Crippen MR) is 104 cm³/mol. The van der Waals surface area contributed by atoms with Crippen LogP contribution in [0.4, 0.5) is 5.69 Å². The lowest BCUT2D eigenvalue weighted by molar-refractivity contribution is 1.24. The molecule has 2 heterocycles. The van der Waals surface area contributed by atoms with Crippen molar-refractivity contribution >= 4 is 34.7 Å². The summed E-state index contributed by atoms with van der Waals surface area (Å²) in [6.07, 6.45) is 7.44. The Balaban J connectivity index is 1.74. The third-order valence-corrected chi connectivity index (χ3v) is 4.37. The normalized spacial score (nSPS) is 11.4. The SMILES string of the molecule is Cc1csc(/C(C#N)=C/Nc2cccc(/C=C/c3ccccn3)c2)n1. The number of benzene rings is 1. The number of allylic oxidation sites excluding steroid dienone is 1. The summed E-state index contributed by atoms with van der Waals surface area (Å²) in [7, 11) is 0. The van der Waals surface area contributed by atoms with Gasteiger partial charge in [0.2, 0.25) is 0 Å². The van der Waals surface area contributed by atoms with E-state index in [2.05, 4.69) is 21.4 Å². The van der Waals surface area contributed by atoms with E-state index in [9.17, 15) is 5.26 Å². The lowest BCUT2D eigenvalue weighted by Crippen LogP contribution is -1.91. The molecule has 0 aliphatic carbocycles. The van der Waals surface area contributed by atoms with Gasteiger partial charge in [0.05, 0.1) is 5.69 Å². The van der Waals surface area contributed by atoms with Gasteiger partial charge in [-0.05, 0) is 42.8 Å². The van der Waals surface area contributed by atoms with E-state index in [-0.39, 0.29) is 0 Å². The molecule has 0 fully saturated rings. The average Bonchev–Trinajstić information content (AvgIpc) is 3.08. The zero-order valence-electron chi connectivity index (χ0n) is 13.7. The first-order valence-corrected chi connectivity index (χ1v) is 8.61. The van der Waals surface area contributed by atoms with E-state index in [0.717, 1.165) is 27.6 Å². The minimum absolute atomic E-state index is 0.521. The molecule has 0 bridgehead atoms. The standard InChI is InChI=1S/C20H16N4S/c1-15-14-25-20(24-15)17(12-21)13-23-19-7-4-5-16(11-19)8-9-18-6-2-3-10-22-18/h2-11,13-14,23H,1H3/b9-8+,17-13+. The van der Waals surface area contributed by atoms with Gasteiger partial charge >= 0.3 is 0 Å². The summed E-state index contributed by atoms with van der Waals surface area (Å²) < 4.78 is 0. The summed E-state index contributed by atoms with van der Waals surface area (Å²) in [4.78, 5) is 8.61. The summed E-state index contributed by atoms with van der Waals surface area (Å²) in [5.74, 6) is 0. The maximum absolute atomic E-state index is 9.32. The van der Waals surface area contributed by atoms with Gasteiger partial charge in [-0.25, -0.2) is 4.98 Å². The van der Waals surface area contributed by atoms with Crippen LogP contribution in [-0.2, 0) is 0 Å². The lowest BCUT2D eigenvalue weighted by atomic mass is 10.1. The number of aryl methyl sites for hydroxylation is 1. The predicted octanol–water partition coefficient (Wildman–Crippen LogP) is 4.99. The van der Waals surface area contributed by atoms with Gasteiger partial charge in [0.25, 0.3) is 0 Å². The number of rotatable bonds is 5. The quantitative estimate of drug-likeness (QED) is 0.662. The average molecular weight is 344 g/mol. The molecule has 4 nitrogen and oxygen atoms in total. The Morgan fingerprint density at radius 3 is 2.84 bits per heavy atom.